The van der Waals surface area contributed by atoms with Gasteiger partial charge in [0.25, 0.3) is 0 Å². The number of carbonyl (C=O) groups excluding carboxylic acids is 1. The van der Waals surface area contributed by atoms with Crippen LogP contribution in [0.3, 0.4) is 0 Å². The third-order valence-corrected chi connectivity index (χ3v) is 3.88. The predicted molar refractivity (Wildman–Crippen MR) is 74.3 cm³/mol. The highest BCUT2D eigenvalue weighted by atomic mass is 35.5. The smallest absolute Gasteiger partial charge is 0.338 e. The Balaban J connectivity index is 2.99. The summed E-state index contributed by atoms with van der Waals surface area (Å²) >= 11 is 5.91. The molecule has 0 amide bonds. The molecule has 0 spiro atoms. The van der Waals surface area contributed by atoms with Gasteiger partial charge in [-0.15, -0.1) is 0 Å². The second kappa shape index (κ2) is 7.03. The predicted octanol–water partition coefficient (Wildman–Crippen LogP) is 1.49. The van der Waals surface area contributed by atoms with Crippen LogP contribution in [-0.4, -0.2) is 34.7 Å². The van der Waals surface area contributed by atoms with Crippen LogP contribution >= 0.6 is 11.6 Å². The number of ether oxygens (including phenoxy) is 2. The number of carbonyl (C=O) groups is 1. The molecule has 0 aliphatic rings. The van der Waals surface area contributed by atoms with E-state index in [1.807, 2.05) is 0 Å². The van der Waals surface area contributed by atoms with Gasteiger partial charge in [-0.2, -0.15) is 0 Å². The van der Waals surface area contributed by atoms with E-state index in [2.05, 4.69) is 0 Å². The molecule has 8 heteroatoms. The SMILES string of the molecule is COCCCOC(=O)c1cc(S(N)(=O)=O)cc(Cl)c1C. The molecule has 6 nitrogen and oxygen atoms in total. The van der Waals surface area contributed by atoms with Gasteiger partial charge in [-0.3, -0.25) is 0 Å². The van der Waals surface area contributed by atoms with Crippen molar-refractivity contribution in [2.24, 2.45) is 5.14 Å². The first-order valence-corrected chi connectivity index (χ1v) is 7.68. The molecule has 112 valence electrons. The fourth-order valence-electron chi connectivity index (χ4n) is 1.48. The minimum absolute atomic E-state index is 0.0824. The molecule has 0 saturated carbocycles. The Hall–Kier alpha value is -1.15. The third-order valence-electron chi connectivity index (χ3n) is 2.59. The number of sulfonamides is 1. The van der Waals surface area contributed by atoms with E-state index in [0.29, 0.717) is 18.6 Å². The van der Waals surface area contributed by atoms with E-state index in [4.69, 9.17) is 26.2 Å². The van der Waals surface area contributed by atoms with Gasteiger partial charge in [-0.25, -0.2) is 18.4 Å². The van der Waals surface area contributed by atoms with Crippen LogP contribution in [0.25, 0.3) is 0 Å². The van der Waals surface area contributed by atoms with Crippen LogP contribution in [0.5, 0.6) is 0 Å². The van der Waals surface area contributed by atoms with Crippen molar-refractivity contribution in [3.63, 3.8) is 0 Å². The second-order valence-electron chi connectivity index (χ2n) is 4.10. The van der Waals surface area contributed by atoms with Crippen LogP contribution in [-0.2, 0) is 19.5 Å². The summed E-state index contributed by atoms with van der Waals surface area (Å²) in [6.07, 6.45) is 0.546. The van der Waals surface area contributed by atoms with E-state index in [1.165, 1.54) is 6.07 Å². The molecule has 1 aromatic carbocycles. The van der Waals surface area contributed by atoms with E-state index in [9.17, 15) is 13.2 Å². The number of nitrogens with two attached hydrogens (primary N) is 1. The van der Waals surface area contributed by atoms with Crippen molar-refractivity contribution >= 4 is 27.6 Å². The molecule has 1 rings (SSSR count). The van der Waals surface area contributed by atoms with Crippen molar-refractivity contribution in [1.82, 2.24) is 0 Å². The Morgan fingerprint density at radius 2 is 2.00 bits per heavy atom. The lowest BCUT2D eigenvalue weighted by molar-refractivity contribution is 0.0467. The van der Waals surface area contributed by atoms with Crippen LogP contribution in [0.1, 0.15) is 22.3 Å². The number of hydrogen-bond acceptors (Lipinski definition) is 5. The molecule has 0 radical (unpaired) electrons. The van der Waals surface area contributed by atoms with Gasteiger partial charge >= 0.3 is 5.97 Å². The molecule has 0 atom stereocenters. The number of hydrogen-bond donors (Lipinski definition) is 1. The van der Waals surface area contributed by atoms with Crippen molar-refractivity contribution in [3.05, 3.63) is 28.3 Å². The third kappa shape index (κ3) is 4.45. The first-order chi connectivity index (χ1) is 9.27. The topological polar surface area (TPSA) is 95.7 Å². The molecule has 2 N–H and O–H groups in total. The summed E-state index contributed by atoms with van der Waals surface area (Å²) in [6.45, 7) is 2.23. The highest BCUT2D eigenvalue weighted by molar-refractivity contribution is 7.89. The minimum atomic E-state index is -3.94. The number of methoxy groups -OCH3 is 1. The maximum atomic E-state index is 11.9. The lowest BCUT2D eigenvalue weighted by Crippen LogP contribution is -2.15. The normalized spacial score (nSPS) is 11.4. The molecule has 0 saturated heterocycles. The Morgan fingerprint density at radius 3 is 2.55 bits per heavy atom. The Kier molecular flexibility index (Phi) is 5.94. The summed E-state index contributed by atoms with van der Waals surface area (Å²) in [7, 11) is -2.40. The van der Waals surface area contributed by atoms with E-state index >= 15 is 0 Å². The van der Waals surface area contributed by atoms with Crippen LogP contribution in [0.2, 0.25) is 5.02 Å². The quantitative estimate of drug-likeness (QED) is 0.632. The zero-order chi connectivity index (χ0) is 15.3. The molecule has 0 unspecified atom stereocenters. The lowest BCUT2D eigenvalue weighted by atomic mass is 10.1. The molecule has 0 fully saturated rings. The van der Waals surface area contributed by atoms with Gasteiger partial charge in [-0.05, 0) is 24.6 Å². The molecule has 0 heterocycles. The summed E-state index contributed by atoms with van der Waals surface area (Å²) in [5, 5.41) is 5.17. The maximum absolute atomic E-state index is 11.9. The molecule has 0 bridgehead atoms. The van der Waals surface area contributed by atoms with Crippen molar-refractivity contribution < 1.29 is 22.7 Å². The van der Waals surface area contributed by atoms with E-state index in [-0.39, 0.29) is 22.1 Å². The standard InChI is InChI=1S/C12H16ClNO5S/c1-8-10(12(15)19-5-3-4-18-2)6-9(7-11(8)13)20(14,16)17/h6-7H,3-5H2,1-2H3,(H2,14,16,17). The average molecular weight is 322 g/mol. The van der Waals surface area contributed by atoms with E-state index in [0.717, 1.165) is 6.07 Å². The first-order valence-electron chi connectivity index (χ1n) is 5.76. The molecular formula is C12H16ClNO5S. The van der Waals surface area contributed by atoms with Crippen LogP contribution in [0, 0.1) is 6.92 Å². The van der Waals surface area contributed by atoms with Gasteiger partial charge in [0, 0.05) is 25.2 Å². The fourth-order valence-corrected chi connectivity index (χ4v) is 2.32. The molecule has 20 heavy (non-hydrogen) atoms. The molecular weight excluding hydrogens is 306 g/mol. The minimum Gasteiger partial charge on any atom is -0.462 e. The van der Waals surface area contributed by atoms with Gasteiger partial charge in [0.05, 0.1) is 17.1 Å². The largest absolute Gasteiger partial charge is 0.462 e. The van der Waals surface area contributed by atoms with Crippen molar-refractivity contribution in [2.45, 2.75) is 18.2 Å². The zero-order valence-corrected chi connectivity index (χ0v) is 12.8. The highest BCUT2D eigenvalue weighted by Crippen LogP contribution is 2.24. The summed E-state index contributed by atoms with van der Waals surface area (Å²) in [5.74, 6) is -0.647. The van der Waals surface area contributed by atoms with E-state index < -0.39 is 16.0 Å². The van der Waals surface area contributed by atoms with Gasteiger partial charge in [0.15, 0.2) is 0 Å². The summed E-state index contributed by atoms with van der Waals surface area (Å²) in [5.41, 5.74) is 0.523. The number of primary sulfonamides is 1. The lowest BCUT2D eigenvalue weighted by Gasteiger charge is -2.10. The maximum Gasteiger partial charge on any atom is 0.338 e. The van der Waals surface area contributed by atoms with Crippen molar-refractivity contribution in [2.75, 3.05) is 20.3 Å². The number of rotatable bonds is 6. The summed E-state index contributed by atoms with van der Waals surface area (Å²) in [6, 6.07) is 2.36. The second-order valence-corrected chi connectivity index (χ2v) is 6.07. The summed E-state index contributed by atoms with van der Waals surface area (Å²) in [4.78, 5) is 11.7. The fraction of sp³-hybridized carbons (Fsp3) is 0.417. The molecule has 0 aliphatic carbocycles. The number of esters is 1. The molecule has 0 aromatic heterocycles. The van der Waals surface area contributed by atoms with Gasteiger partial charge in [0.2, 0.25) is 10.0 Å². The highest BCUT2D eigenvalue weighted by Gasteiger charge is 2.18. The van der Waals surface area contributed by atoms with Crippen LogP contribution in [0.15, 0.2) is 17.0 Å². The van der Waals surface area contributed by atoms with Crippen LogP contribution in [0.4, 0.5) is 0 Å². The summed E-state index contributed by atoms with van der Waals surface area (Å²) < 4.78 is 32.5. The molecule has 0 aliphatic heterocycles. The van der Waals surface area contributed by atoms with Crippen molar-refractivity contribution in [3.8, 4) is 0 Å². The van der Waals surface area contributed by atoms with Gasteiger partial charge in [0.1, 0.15) is 0 Å². The van der Waals surface area contributed by atoms with Gasteiger partial charge in [-0.1, -0.05) is 11.6 Å². The Labute approximate surface area is 122 Å². The Bertz CT molecular complexity index is 600. The van der Waals surface area contributed by atoms with Crippen LogP contribution < -0.4 is 5.14 Å². The van der Waals surface area contributed by atoms with Gasteiger partial charge < -0.3 is 9.47 Å². The number of benzene rings is 1. The Morgan fingerprint density at radius 1 is 1.35 bits per heavy atom. The van der Waals surface area contributed by atoms with Crippen molar-refractivity contribution in [1.29, 1.82) is 0 Å². The first kappa shape index (κ1) is 16.9. The zero-order valence-electron chi connectivity index (χ0n) is 11.2. The monoisotopic (exact) mass is 321 g/mol. The molecule has 1 aromatic rings. The van der Waals surface area contributed by atoms with E-state index in [1.54, 1.807) is 14.0 Å². The number of halogens is 1. The average Bonchev–Trinajstić information content (AvgIpc) is 2.36.